The second-order valence-electron chi connectivity index (χ2n) is 2.81. The first-order valence-corrected chi connectivity index (χ1v) is 5.24. The highest BCUT2D eigenvalue weighted by Gasteiger charge is 2.04. The van der Waals surface area contributed by atoms with Gasteiger partial charge < -0.3 is 4.43 Å². The Hall–Kier alpha value is -0.473. The predicted octanol–water partition coefficient (Wildman–Crippen LogP) is 1.70. The van der Waals surface area contributed by atoms with Gasteiger partial charge >= 0.3 is 0 Å². The predicted molar refractivity (Wildman–Crippen MR) is 56.0 cm³/mol. The minimum absolute atomic E-state index is 0.577. The molecule has 0 saturated carbocycles. The molecule has 0 saturated heterocycles. The van der Waals surface area contributed by atoms with Crippen LogP contribution in [0.1, 0.15) is 16.7 Å². The van der Waals surface area contributed by atoms with Gasteiger partial charge in [-0.05, 0) is 36.6 Å². The van der Waals surface area contributed by atoms with E-state index in [4.69, 9.17) is 16.0 Å². The normalized spacial score (nSPS) is 10.2. The molecule has 0 aliphatic carbocycles. The summed E-state index contributed by atoms with van der Waals surface area (Å²) in [5, 5.41) is 0. The summed E-state index contributed by atoms with van der Waals surface area (Å²) in [6, 6.07) is 4.02. The van der Waals surface area contributed by atoms with Crippen molar-refractivity contribution in [3.8, 4) is 5.75 Å². The van der Waals surface area contributed by atoms with Gasteiger partial charge in [-0.3, -0.25) is 0 Å². The Labute approximate surface area is 81.2 Å². The molecule has 0 N–H and O–H groups in total. The van der Waals surface area contributed by atoms with Crippen LogP contribution < -0.4 is 4.43 Å². The summed E-state index contributed by atoms with van der Waals surface area (Å²) in [6.45, 7) is 4.15. The van der Waals surface area contributed by atoms with E-state index in [0.29, 0.717) is 5.88 Å². The quantitative estimate of drug-likeness (QED) is 0.522. The zero-order valence-corrected chi connectivity index (χ0v) is 10.4. The molecule has 0 heterocycles. The van der Waals surface area contributed by atoms with Crippen molar-refractivity contribution in [3.63, 3.8) is 0 Å². The highest BCUT2D eigenvalue weighted by atomic mass is 35.5. The first-order valence-electron chi connectivity index (χ1n) is 3.89. The molecule has 0 aromatic heterocycles. The number of hydrogen-bond acceptors (Lipinski definition) is 1. The van der Waals surface area contributed by atoms with Gasteiger partial charge in [0, 0.05) is 5.88 Å². The lowest BCUT2D eigenvalue weighted by atomic mass is 10.0. The molecule has 66 valence electrons. The molecule has 0 fully saturated rings. The summed E-state index contributed by atoms with van der Waals surface area (Å²) in [6.07, 6.45) is 0. The van der Waals surface area contributed by atoms with E-state index < -0.39 is 0 Å². The van der Waals surface area contributed by atoms with Gasteiger partial charge in [-0.1, -0.05) is 6.07 Å². The van der Waals surface area contributed by atoms with Crippen LogP contribution in [-0.4, -0.2) is 10.5 Å². The fraction of sp³-hybridized carbons (Fsp3) is 0.333. The third kappa shape index (κ3) is 1.64. The Morgan fingerprint density at radius 2 is 2.00 bits per heavy atom. The maximum atomic E-state index is 5.77. The molecule has 3 heteroatoms. The number of benzene rings is 1. The summed E-state index contributed by atoms with van der Waals surface area (Å²) >= 11 is 5.77. The summed E-state index contributed by atoms with van der Waals surface area (Å²) in [4.78, 5) is 0. The van der Waals surface area contributed by atoms with E-state index in [1.165, 1.54) is 16.7 Å². The van der Waals surface area contributed by atoms with Crippen molar-refractivity contribution in [2.24, 2.45) is 0 Å². The Bertz CT molecular complexity index is 257. The molecule has 1 aromatic carbocycles. The molecule has 0 radical (unpaired) electrons. The Kier molecular flexibility index (Phi) is 3.17. The second-order valence-corrected chi connectivity index (χ2v) is 3.49. The molecule has 0 spiro atoms. The van der Waals surface area contributed by atoms with Crippen LogP contribution in [0.5, 0.6) is 5.75 Å². The van der Waals surface area contributed by atoms with Gasteiger partial charge in [0.1, 0.15) is 5.75 Å². The molecule has 0 atom stereocenters. The molecular weight excluding hydrogens is 188 g/mol. The maximum absolute atomic E-state index is 5.77. The average molecular weight is 201 g/mol. The zero-order valence-electron chi connectivity index (χ0n) is 7.65. The summed E-state index contributed by atoms with van der Waals surface area (Å²) < 4.78 is 5.32. The Balaban J connectivity index is 3.20. The third-order valence-electron chi connectivity index (χ3n) is 2.21. The van der Waals surface area contributed by atoms with Crippen LogP contribution in [0.15, 0.2) is 12.1 Å². The summed E-state index contributed by atoms with van der Waals surface area (Å²) in [5.74, 6) is 1.57. The van der Waals surface area contributed by atoms with E-state index in [1.807, 2.05) is 12.1 Å². The van der Waals surface area contributed by atoms with Gasteiger partial charge in [0.25, 0.3) is 0 Å². The van der Waals surface area contributed by atoms with Gasteiger partial charge in [0.15, 0.2) is 0 Å². The van der Waals surface area contributed by atoms with E-state index in [0.717, 1.165) is 16.2 Å². The fourth-order valence-electron chi connectivity index (χ4n) is 1.22. The largest absolute Gasteiger partial charge is 0.553 e. The molecule has 12 heavy (non-hydrogen) atoms. The number of hydrogen-bond donors (Lipinski definition) is 0. The second kappa shape index (κ2) is 3.96. The van der Waals surface area contributed by atoms with Crippen LogP contribution in [0.3, 0.4) is 0 Å². The van der Waals surface area contributed by atoms with Crippen LogP contribution in [0, 0.1) is 13.8 Å². The van der Waals surface area contributed by atoms with Crippen LogP contribution in [0.25, 0.3) is 0 Å². The molecule has 1 rings (SSSR count). The first kappa shape index (κ1) is 9.61. The molecule has 0 amide bonds. The highest BCUT2D eigenvalue weighted by Crippen LogP contribution is 2.24. The van der Waals surface area contributed by atoms with Gasteiger partial charge in [-0.2, -0.15) is 0 Å². The van der Waals surface area contributed by atoms with Crippen LogP contribution >= 0.6 is 11.6 Å². The molecule has 0 aliphatic rings. The Morgan fingerprint density at radius 3 is 2.50 bits per heavy atom. The monoisotopic (exact) mass is 200 g/mol. The SMILES string of the molecule is Cc1c(CCl)ccc(O[SiH3])c1C. The lowest BCUT2D eigenvalue weighted by Crippen LogP contribution is -1.94. The van der Waals surface area contributed by atoms with Crippen molar-refractivity contribution in [3.05, 3.63) is 28.8 Å². The van der Waals surface area contributed by atoms with Gasteiger partial charge in [-0.25, -0.2) is 0 Å². The van der Waals surface area contributed by atoms with Crippen LogP contribution in [0.2, 0.25) is 0 Å². The minimum atomic E-state index is 0.577. The average Bonchev–Trinajstić information content (AvgIpc) is 2.10. The van der Waals surface area contributed by atoms with Gasteiger partial charge in [0.05, 0.1) is 0 Å². The molecule has 0 bridgehead atoms. The fourth-order valence-corrected chi connectivity index (χ4v) is 1.95. The van der Waals surface area contributed by atoms with Crippen molar-refractivity contribution in [2.45, 2.75) is 19.7 Å². The zero-order chi connectivity index (χ0) is 9.14. The number of rotatable bonds is 2. The van der Waals surface area contributed by atoms with Crippen molar-refractivity contribution in [1.29, 1.82) is 0 Å². The van der Waals surface area contributed by atoms with E-state index in [-0.39, 0.29) is 0 Å². The Morgan fingerprint density at radius 1 is 1.33 bits per heavy atom. The van der Waals surface area contributed by atoms with Gasteiger partial charge in [0.2, 0.25) is 10.5 Å². The maximum Gasteiger partial charge on any atom is 0.204 e. The number of alkyl halides is 1. The standard InChI is InChI=1S/C9H13ClOSi/c1-6-7(2)9(11-12)4-3-8(6)5-10/h3-4H,5H2,1-2,12H3. The molecule has 0 aliphatic heterocycles. The summed E-state index contributed by atoms with van der Waals surface area (Å²) in [5.41, 5.74) is 3.65. The van der Waals surface area contributed by atoms with E-state index in [1.54, 1.807) is 0 Å². The summed E-state index contributed by atoms with van der Waals surface area (Å²) in [7, 11) is 0.740. The van der Waals surface area contributed by atoms with Gasteiger partial charge in [-0.15, -0.1) is 11.6 Å². The van der Waals surface area contributed by atoms with E-state index >= 15 is 0 Å². The molecular formula is C9H13ClOSi. The first-order chi connectivity index (χ1) is 5.70. The van der Waals surface area contributed by atoms with Crippen LogP contribution in [-0.2, 0) is 5.88 Å². The minimum Gasteiger partial charge on any atom is -0.553 e. The number of halogens is 1. The van der Waals surface area contributed by atoms with Crippen molar-refractivity contribution < 1.29 is 4.43 Å². The molecule has 1 nitrogen and oxygen atoms in total. The topological polar surface area (TPSA) is 9.23 Å². The van der Waals surface area contributed by atoms with Crippen molar-refractivity contribution >= 4 is 22.1 Å². The van der Waals surface area contributed by atoms with Crippen molar-refractivity contribution in [2.75, 3.05) is 0 Å². The van der Waals surface area contributed by atoms with Crippen LogP contribution in [0.4, 0.5) is 0 Å². The van der Waals surface area contributed by atoms with E-state index in [9.17, 15) is 0 Å². The lowest BCUT2D eigenvalue weighted by molar-refractivity contribution is 0.609. The van der Waals surface area contributed by atoms with E-state index in [2.05, 4.69) is 13.8 Å². The molecule has 0 unspecified atom stereocenters. The lowest BCUT2D eigenvalue weighted by Gasteiger charge is -2.10. The third-order valence-corrected chi connectivity index (χ3v) is 2.94. The highest BCUT2D eigenvalue weighted by molar-refractivity contribution is 6.17. The molecule has 1 aromatic rings. The smallest absolute Gasteiger partial charge is 0.204 e. The van der Waals surface area contributed by atoms with Crippen molar-refractivity contribution in [1.82, 2.24) is 0 Å².